The highest BCUT2D eigenvalue weighted by Gasteiger charge is 2.39. The van der Waals surface area contributed by atoms with E-state index in [0.29, 0.717) is 12.4 Å². The van der Waals surface area contributed by atoms with Crippen molar-refractivity contribution in [3.63, 3.8) is 0 Å². The summed E-state index contributed by atoms with van der Waals surface area (Å²) in [6.45, 7) is 5.96. The summed E-state index contributed by atoms with van der Waals surface area (Å²) in [6, 6.07) is 3.55. The molecule has 1 aromatic rings. The number of halogens is 4. The van der Waals surface area contributed by atoms with Crippen LogP contribution in [0.3, 0.4) is 0 Å². The molecule has 9 heteroatoms. The Labute approximate surface area is 167 Å². The maximum absolute atomic E-state index is 13.2. The Balaban J connectivity index is 1.84. The molecule has 1 amide bonds. The van der Waals surface area contributed by atoms with Crippen LogP contribution in [0.4, 0.5) is 18.9 Å². The van der Waals surface area contributed by atoms with E-state index in [-0.39, 0.29) is 29.6 Å². The van der Waals surface area contributed by atoms with E-state index in [1.54, 1.807) is 6.92 Å². The standard InChI is InChI=1S/C19H24ClF3N4O/c1-12-25-15(26-8-6-18(2,11-24)7-9-26)10-16(28)27(12)14-5-3-4-13(17(14)20)19(21,22)23/h3-5,15H,6-11,24H2,1-2H3. The Kier molecular flexibility index (Phi) is 5.76. The minimum absolute atomic E-state index is 0.00976. The summed E-state index contributed by atoms with van der Waals surface area (Å²) in [6.07, 6.45) is -2.96. The molecule has 5 nitrogen and oxygen atoms in total. The van der Waals surface area contributed by atoms with E-state index in [1.807, 2.05) is 0 Å². The fourth-order valence-corrected chi connectivity index (χ4v) is 4.06. The summed E-state index contributed by atoms with van der Waals surface area (Å²) in [5, 5.41) is -0.493. The van der Waals surface area contributed by atoms with Gasteiger partial charge in [0.15, 0.2) is 0 Å². The number of hydrogen-bond donors (Lipinski definition) is 1. The van der Waals surface area contributed by atoms with Gasteiger partial charge in [0.1, 0.15) is 12.0 Å². The second-order valence-electron chi connectivity index (χ2n) is 7.78. The molecule has 0 aromatic heterocycles. The van der Waals surface area contributed by atoms with E-state index >= 15 is 0 Å². The van der Waals surface area contributed by atoms with Crippen LogP contribution in [0.5, 0.6) is 0 Å². The van der Waals surface area contributed by atoms with Gasteiger partial charge in [-0.15, -0.1) is 0 Å². The number of hydrogen-bond acceptors (Lipinski definition) is 4. The topological polar surface area (TPSA) is 61.9 Å². The van der Waals surface area contributed by atoms with E-state index in [2.05, 4.69) is 16.8 Å². The molecule has 1 saturated heterocycles. The van der Waals surface area contributed by atoms with Gasteiger partial charge in [-0.3, -0.25) is 19.6 Å². The first-order chi connectivity index (χ1) is 13.1. The third kappa shape index (κ3) is 4.04. The minimum Gasteiger partial charge on any atom is -0.330 e. The molecule has 0 radical (unpaired) electrons. The molecular weight excluding hydrogens is 393 g/mol. The van der Waals surface area contributed by atoms with Crippen molar-refractivity contribution in [2.45, 2.75) is 45.5 Å². The number of piperidine rings is 1. The van der Waals surface area contributed by atoms with Crippen molar-refractivity contribution >= 4 is 29.0 Å². The molecule has 0 spiro atoms. The molecule has 1 unspecified atom stereocenters. The number of benzene rings is 1. The first-order valence-corrected chi connectivity index (χ1v) is 9.61. The van der Waals surface area contributed by atoms with E-state index in [1.165, 1.54) is 17.0 Å². The van der Waals surface area contributed by atoms with Crippen LogP contribution in [0.2, 0.25) is 5.02 Å². The van der Waals surface area contributed by atoms with Crippen molar-refractivity contribution < 1.29 is 18.0 Å². The molecular formula is C19H24ClF3N4O. The highest BCUT2D eigenvalue weighted by atomic mass is 35.5. The van der Waals surface area contributed by atoms with Crippen LogP contribution in [-0.2, 0) is 11.0 Å². The minimum atomic E-state index is -4.59. The second-order valence-corrected chi connectivity index (χ2v) is 8.16. The van der Waals surface area contributed by atoms with Gasteiger partial charge in [0, 0.05) is 13.1 Å². The lowest BCUT2D eigenvalue weighted by atomic mass is 9.80. The number of rotatable bonds is 3. The van der Waals surface area contributed by atoms with Crippen LogP contribution in [0.1, 0.15) is 38.7 Å². The third-order valence-corrected chi connectivity index (χ3v) is 6.11. The lowest BCUT2D eigenvalue weighted by molar-refractivity contribution is -0.137. The Hall–Kier alpha value is -1.64. The van der Waals surface area contributed by atoms with Crippen molar-refractivity contribution in [3.05, 3.63) is 28.8 Å². The molecule has 0 aliphatic carbocycles. The van der Waals surface area contributed by atoms with Crippen LogP contribution in [-0.4, -0.2) is 42.4 Å². The molecule has 1 atom stereocenters. The van der Waals surface area contributed by atoms with Crippen molar-refractivity contribution in [3.8, 4) is 0 Å². The van der Waals surface area contributed by atoms with Gasteiger partial charge in [-0.1, -0.05) is 24.6 Å². The fourth-order valence-electron chi connectivity index (χ4n) is 3.74. The summed E-state index contributed by atoms with van der Waals surface area (Å²) in [4.78, 5) is 20.7. The van der Waals surface area contributed by atoms with E-state index < -0.39 is 16.8 Å². The third-order valence-electron chi connectivity index (χ3n) is 5.71. The van der Waals surface area contributed by atoms with Crippen molar-refractivity contribution in [2.24, 2.45) is 16.1 Å². The zero-order valence-corrected chi connectivity index (χ0v) is 16.6. The first-order valence-electron chi connectivity index (χ1n) is 9.23. The van der Waals surface area contributed by atoms with Gasteiger partial charge >= 0.3 is 6.18 Å². The van der Waals surface area contributed by atoms with Crippen LogP contribution in [0.25, 0.3) is 0 Å². The quantitative estimate of drug-likeness (QED) is 0.812. The maximum atomic E-state index is 13.2. The van der Waals surface area contributed by atoms with E-state index in [4.69, 9.17) is 17.3 Å². The molecule has 2 heterocycles. The number of likely N-dealkylation sites (tertiary alicyclic amines) is 1. The first kappa shape index (κ1) is 21.1. The van der Waals surface area contributed by atoms with Gasteiger partial charge in [-0.05, 0) is 43.9 Å². The summed E-state index contributed by atoms with van der Waals surface area (Å²) in [5.41, 5.74) is 4.99. The number of amides is 1. The molecule has 2 N–H and O–H groups in total. The molecule has 1 fully saturated rings. The lowest BCUT2D eigenvalue weighted by Gasteiger charge is -2.42. The monoisotopic (exact) mass is 416 g/mol. The van der Waals surface area contributed by atoms with Gasteiger partial charge in [-0.25, -0.2) is 0 Å². The average Bonchev–Trinajstić information content (AvgIpc) is 2.62. The van der Waals surface area contributed by atoms with Crippen LogP contribution in [0, 0.1) is 5.41 Å². The summed E-state index contributed by atoms with van der Waals surface area (Å²) in [7, 11) is 0. The number of aliphatic imine (C=N–C) groups is 1. The molecule has 2 aliphatic heterocycles. The number of anilines is 1. The largest absolute Gasteiger partial charge is 0.417 e. The molecule has 0 bridgehead atoms. The summed E-state index contributed by atoms with van der Waals surface area (Å²) < 4.78 is 39.5. The zero-order valence-electron chi connectivity index (χ0n) is 15.9. The summed E-state index contributed by atoms with van der Waals surface area (Å²) >= 11 is 6.00. The lowest BCUT2D eigenvalue weighted by Crippen LogP contribution is -2.51. The number of nitrogens with two attached hydrogens (primary N) is 1. The Bertz CT molecular complexity index is 788. The second kappa shape index (κ2) is 7.65. The highest BCUT2D eigenvalue weighted by molar-refractivity contribution is 6.36. The predicted molar refractivity (Wildman–Crippen MR) is 103 cm³/mol. The number of amidine groups is 1. The number of carbonyl (C=O) groups is 1. The van der Waals surface area contributed by atoms with Gasteiger partial charge in [0.05, 0.1) is 22.7 Å². The Morgan fingerprint density at radius 3 is 2.50 bits per heavy atom. The normalized spacial score (nSPS) is 23.7. The molecule has 2 aliphatic rings. The molecule has 1 aromatic carbocycles. The fraction of sp³-hybridized carbons (Fsp3) is 0.579. The Morgan fingerprint density at radius 1 is 1.32 bits per heavy atom. The van der Waals surface area contributed by atoms with Crippen molar-refractivity contribution in [1.82, 2.24) is 4.90 Å². The van der Waals surface area contributed by atoms with E-state index in [9.17, 15) is 18.0 Å². The number of carbonyl (C=O) groups excluding carboxylic acids is 1. The van der Waals surface area contributed by atoms with Gasteiger partial charge in [0.2, 0.25) is 5.91 Å². The summed E-state index contributed by atoms with van der Waals surface area (Å²) in [5.74, 6) is 0.0283. The number of nitrogens with zero attached hydrogens (tertiary/aromatic N) is 3. The molecule has 0 saturated carbocycles. The van der Waals surface area contributed by atoms with Gasteiger partial charge in [-0.2, -0.15) is 13.2 Å². The van der Waals surface area contributed by atoms with Crippen LogP contribution >= 0.6 is 11.6 Å². The molecule has 3 rings (SSSR count). The zero-order chi connectivity index (χ0) is 20.7. The highest BCUT2D eigenvalue weighted by Crippen LogP contribution is 2.40. The van der Waals surface area contributed by atoms with Crippen LogP contribution < -0.4 is 10.6 Å². The predicted octanol–water partition coefficient (Wildman–Crippen LogP) is 3.90. The smallest absolute Gasteiger partial charge is 0.330 e. The van der Waals surface area contributed by atoms with Gasteiger partial charge in [0.25, 0.3) is 0 Å². The molecule has 28 heavy (non-hydrogen) atoms. The van der Waals surface area contributed by atoms with E-state index in [0.717, 1.165) is 32.0 Å². The van der Waals surface area contributed by atoms with Crippen LogP contribution in [0.15, 0.2) is 23.2 Å². The number of alkyl halides is 3. The SMILES string of the molecule is CC1=NC(N2CCC(C)(CN)CC2)CC(=O)N1c1cccc(C(F)(F)F)c1Cl. The average molecular weight is 417 g/mol. The van der Waals surface area contributed by atoms with Crippen molar-refractivity contribution in [1.29, 1.82) is 0 Å². The van der Waals surface area contributed by atoms with Gasteiger partial charge < -0.3 is 5.73 Å². The Morgan fingerprint density at radius 2 is 1.96 bits per heavy atom. The van der Waals surface area contributed by atoms with Crippen molar-refractivity contribution in [2.75, 3.05) is 24.5 Å². The molecule has 154 valence electrons. The maximum Gasteiger partial charge on any atom is 0.417 e.